The smallest absolute Gasteiger partial charge is 0.254 e. The number of pyridine rings is 1. The van der Waals surface area contributed by atoms with Crippen molar-refractivity contribution in [2.24, 2.45) is 13.0 Å². The summed E-state index contributed by atoms with van der Waals surface area (Å²) in [7, 11) is 1.89. The summed E-state index contributed by atoms with van der Waals surface area (Å²) in [6.07, 6.45) is 9.50. The van der Waals surface area contributed by atoms with E-state index in [4.69, 9.17) is 0 Å². The van der Waals surface area contributed by atoms with Crippen LogP contribution in [-0.4, -0.2) is 49.5 Å². The summed E-state index contributed by atoms with van der Waals surface area (Å²) in [5.74, 6) is -2.34. The normalized spacial score (nSPS) is 20.7. The minimum Gasteiger partial charge on any atom is -0.348 e. The van der Waals surface area contributed by atoms with Gasteiger partial charge in [-0.05, 0) is 76.3 Å². The Hall–Kier alpha value is -3.44. The molecule has 6 rings (SSSR count). The molecule has 3 heterocycles. The number of aryl methyl sites for hydroxylation is 2. The summed E-state index contributed by atoms with van der Waals surface area (Å²) in [5, 5.41) is 11.7. The monoisotopic (exact) mass is 636 g/mol. The maximum atomic E-state index is 13.9. The van der Waals surface area contributed by atoms with Crippen molar-refractivity contribution >= 4 is 28.6 Å². The van der Waals surface area contributed by atoms with Gasteiger partial charge in [0.2, 0.25) is 0 Å². The third-order valence-electron chi connectivity index (χ3n) is 9.81. The van der Waals surface area contributed by atoms with Crippen LogP contribution < -0.4 is 16.2 Å². The molecule has 0 unspecified atom stereocenters. The van der Waals surface area contributed by atoms with Gasteiger partial charge in [0, 0.05) is 89.1 Å². The zero-order valence-corrected chi connectivity index (χ0v) is 27.4. The van der Waals surface area contributed by atoms with Gasteiger partial charge in [0.05, 0.1) is 11.8 Å². The number of amides is 1. The summed E-state index contributed by atoms with van der Waals surface area (Å²) >= 11 is 1.49. The molecule has 3 aromatic heterocycles. The number of hydrogen-bond donors (Lipinski definition) is 3. The molecular formula is C34H42F2N6O2S. The molecule has 0 spiro atoms. The van der Waals surface area contributed by atoms with Crippen molar-refractivity contribution < 1.29 is 13.6 Å². The summed E-state index contributed by atoms with van der Waals surface area (Å²) in [6, 6.07) is 8.43. The molecule has 0 aliphatic heterocycles. The molecule has 2 fully saturated rings. The summed E-state index contributed by atoms with van der Waals surface area (Å²) in [5.41, 5.74) is 5.65. The molecular weight excluding hydrogens is 594 g/mol. The van der Waals surface area contributed by atoms with Gasteiger partial charge in [0.15, 0.2) is 0 Å². The van der Waals surface area contributed by atoms with Crippen LogP contribution >= 0.6 is 11.8 Å². The average Bonchev–Trinajstić information content (AvgIpc) is 3.54. The number of H-pyrrole nitrogens is 1. The van der Waals surface area contributed by atoms with E-state index in [1.807, 2.05) is 57.7 Å². The van der Waals surface area contributed by atoms with E-state index in [1.165, 1.54) is 11.8 Å². The Bertz CT molecular complexity index is 1780. The maximum absolute atomic E-state index is 13.9. The molecule has 45 heavy (non-hydrogen) atoms. The second kappa shape index (κ2) is 12.4. The Morgan fingerprint density at radius 2 is 1.87 bits per heavy atom. The lowest BCUT2D eigenvalue weighted by Crippen LogP contribution is -2.52. The fourth-order valence-electron chi connectivity index (χ4n) is 7.38. The van der Waals surface area contributed by atoms with Gasteiger partial charge in [-0.1, -0.05) is 12.1 Å². The SMILES string of the molecule is CSc1cc(C)[nH]c(=O)c1CNC(=O)c1c(C)n([C@H](C)C2CCC(NC3CC(F)(F)C3)CC2)c2cc(-c3cnn(C)c3)ccc12. The van der Waals surface area contributed by atoms with E-state index in [0.717, 1.165) is 64.0 Å². The van der Waals surface area contributed by atoms with E-state index in [2.05, 4.69) is 38.3 Å². The van der Waals surface area contributed by atoms with E-state index in [9.17, 15) is 18.4 Å². The van der Waals surface area contributed by atoms with Gasteiger partial charge in [-0.2, -0.15) is 5.10 Å². The van der Waals surface area contributed by atoms with Gasteiger partial charge in [-0.25, -0.2) is 8.78 Å². The molecule has 0 saturated heterocycles. The van der Waals surface area contributed by atoms with E-state index >= 15 is 0 Å². The first-order valence-electron chi connectivity index (χ1n) is 15.8. The van der Waals surface area contributed by atoms with Crippen molar-refractivity contribution in [3.8, 4) is 11.1 Å². The first kappa shape index (κ1) is 31.5. The number of carbonyl (C=O) groups excluding carboxylic acids is 1. The molecule has 4 aromatic rings. The van der Waals surface area contributed by atoms with Crippen molar-refractivity contribution in [1.29, 1.82) is 0 Å². The zero-order chi connectivity index (χ0) is 32.0. The quantitative estimate of drug-likeness (QED) is 0.182. The Morgan fingerprint density at radius 1 is 1.13 bits per heavy atom. The summed E-state index contributed by atoms with van der Waals surface area (Å²) in [4.78, 5) is 30.4. The number of aromatic amines is 1. The Balaban J connectivity index is 1.29. The lowest BCUT2D eigenvalue weighted by Gasteiger charge is -2.41. The number of nitrogens with zero attached hydrogens (tertiary/aromatic N) is 3. The highest BCUT2D eigenvalue weighted by molar-refractivity contribution is 7.98. The van der Waals surface area contributed by atoms with Gasteiger partial charge in [0.25, 0.3) is 17.4 Å². The van der Waals surface area contributed by atoms with Crippen molar-refractivity contribution in [3.05, 3.63) is 69.5 Å². The van der Waals surface area contributed by atoms with Crippen LogP contribution in [0, 0.1) is 19.8 Å². The highest BCUT2D eigenvalue weighted by Gasteiger charge is 2.46. The van der Waals surface area contributed by atoms with Gasteiger partial charge < -0.3 is 20.2 Å². The van der Waals surface area contributed by atoms with Gasteiger partial charge in [-0.3, -0.25) is 14.3 Å². The van der Waals surface area contributed by atoms with Gasteiger partial charge in [-0.15, -0.1) is 11.8 Å². The average molecular weight is 637 g/mol. The van der Waals surface area contributed by atoms with Crippen molar-refractivity contribution in [2.45, 2.75) is 94.8 Å². The highest BCUT2D eigenvalue weighted by Crippen LogP contribution is 2.41. The van der Waals surface area contributed by atoms with Crippen molar-refractivity contribution in [1.82, 2.24) is 30.0 Å². The van der Waals surface area contributed by atoms with Crippen LogP contribution in [0.25, 0.3) is 22.0 Å². The maximum Gasteiger partial charge on any atom is 0.254 e. The number of benzene rings is 1. The molecule has 2 aliphatic carbocycles. The second-order valence-electron chi connectivity index (χ2n) is 13.0. The minimum absolute atomic E-state index is 0.0567. The molecule has 1 amide bonds. The van der Waals surface area contributed by atoms with Gasteiger partial charge in [0.1, 0.15) is 0 Å². The minimum atomic E-state index is -2.51. The third-order valence-corrected chi connectivity index (χ3v) is 10.6. The van der Waals surface area contributed by atoms with Crippen LogP contribution in [0.3, 0.4) is 0 Å². The Morgan fingerprint density at radius 3 is 2.51 bits per heavy atom. The molecule has 3 N–H and O–H groups in total. The van der Waals surface area contributed by atoms with Crippen LogP contribution in [0.1, 0.15) is 78.8 Å². The molecule has 11 heteroatoms. The standard InChI is InChI=1S/C34H42F2N6O2S/c1-19-12-30(45-5)28(32(43)39-19)17-37-33(44)31-21(3)42(29-13-23(8-11-27(29)31)24-16-38-41(4)18-24)20(2)22-6-9-25(10-7-22)40-26-14-34(35,36)15-26/h8,11-13,16,18,20,22,25-26,40H,6-7,9-10,14-15,17H2,1-5H3,(H,37,44)(H,39,43)/t20-,22?,25?/m1/s1. The number of aromatic nitrogens is 4. The van der Waals surface area contributed by atoms with E-state index in [1.54, 1.807) is 4.68 Å². The van der Waals surface area contributed by atoms with Crippen LogP contribution in [0.5, 0.6) is 0 Å². The number of alkyl halides is 2. The summed E-state index contributed by atoms with van der Waals surface area (Å²) < 4.78 is 30.8. The molecule has 240 valence electrons. The number of carbonyl (C=O) groups is 1. The first-order chi connectivity index (χ1) is 21.4. The first-order valence-corrected chi connectivity index (χ1v) is 17.0. The largest absolute Gasteiger partial charge is 0.348 e. The lowest BCUT2D eigenvalue weighted by atomic mass is 9.80. The molecule has 1 aromatic carbocycles. The second-order valence-corrected chi connectivity index (χ2v) is 13.8. The van der Waals surface area contributed by atoms with Crippen LogP contribution in [-0.2, 0) is 13.6 Å². The number of nitrogens with one attached hydrogen (secondary N) is 3. The predicted molar refractivity (Wildman–Crippen MR) is 175 cm³/mol. The van der Waals surface area contributed by atoms with E-state index < -0.39 is 5.92 Å². The molecule has 2 saturated carbocycles. The zero-order valence-electron chi connectivity index (χ0n) is 26.5. The van der Waals surface area contributed by atoms with E-state index in [-0.39, 0.29) is 49.0 Å². The molecule has 8 nitrogen and oxygen atoms in total. The molecule has 0 radical (unpaired) electrons. The highest BCUT2D eigenvalue weighted by atomic mass is 32.2. The number of hydrogen-bond acceptors (Lipinski definition) is 5. The van der Waals surface area contributed by atoms with E-state index in [0.29, 0.717) is 17.0 Å². The predicted octanol–water partition coefficient (Wildman–Crippen LogP) is 6.51. The number of fused-ring (bicyclic) bond motifs is 1. The number of thioether (sulfide) groups is 1. The topological polar surface area (TPSA) is 96.7 Å². The molecule has 0 bridgehead atoms. The Labute approximate surface area is 266 Å². The fraction of sp³-hybridized carbons (Fsp3) is 0.500. The fourth-order valence-corrected chi connectivity index (χ4v) is 8.09. The Kier molecular flexibility index (Phi) is 8.69. The lowest BCUT2D eigenvalue weighted by molar-refractivity contribution is -0.0957. The van der Waals surface area contributed by atoms with Crippen LogP contribution in [0.4, 0.5) is 8.78 Å². The molecule has 1 atom stereocenters. The number of halogens is 2. The third kappa shape index (κ3) is 6.34. The number of rotatable bonds is 9. The van der Waals surface area contributed by atoms with Crippen LogP contribution in [0.2, 0.25) is 0 Å². The van der Waals surface area contributed by atoms with Crippen molar-refractivity contribution in [3.63, 3.8) is 0 Å². The van der Waals surface area contributed by atoms with Crippen LogP contribution in [0.15, 0.2) is 46.3 Å². The van der Waals surface area contributed by atoms with Gasteiger partial charge >= 0.3 is 0 Å². The molecule has 2 aliphatic rings. The summed E-state index contributed by atoms with van der Waals surface area (Å²) in [6.45, 7) is 6.21. The van der Waals surface area contributed by atoms with Crippen molar-refractivity contribution in [2.75, 3.05) is 6.26 Å².